The van der Waals surface area contributed by atoms with Gasteiger partial charge in [0.15, 0.2) is 0 Å². The second-order valence-electron chi connectivity index (χ2n) is 2.55. The Bertz CT molecular complexity index is 80.5. The summed E-state index contributed by atoms with van der Waals surface area (Å²) in [5.41, 5.74) is 0. The van der Waals surface area contributed by atoms with Gasteiger partial charge in [0.05, 0.1) is 6.61 Å². The van der Waals surface area contributed by atoms with Crippen LogP contribution in [0.4, 0.5) is 0 Å². The van der Waals surface area contributed by atoms with E-state index >= 15 is 0 Å². The molecule has 3 heteroatoms. The van der Waals surface area contributed by atoms with Gasteiger partial charge in [-0.3, -0.25) is 0 Å². The molecule has 0 atom stereocenters. The van der Waals surface area contributed by atoms with Crippen molar-refractivity contribution < 1.29 is 5.11 Å². The molecule has 0 saturated heterocycles. The molecule has 11 heavy (non-hydrogen) atoms. The molecule has 0 bridgehead atoms. The van der Waals surface area contributed by atoms with Gasteiger partial charge in [-0.15, -0.1) is 11.6 Å². The maximum atomic E-state index is 8.66. The number of aliphatic hydroxyl groups is 1. The summed E-state index contributed by atoms with van der Waals surface area (Å²) in [5, 5.41) is 8.66. The lowest BCUT2D eigenvalue weighted by atomic mass is 10.3. The number of rotatable bonds is 7. The summed E-state index contributed by atoms with van der Waals surface area (Å²) in [6, 6.07) is 0. The molecule has 0 spiro atoms. The maximum Gasteiger partial charge on any atom is 0.0558 e. The normalized spacial score (nSPS) is 10.9. The predicted octanol–water partition coefficient (Wildman–Crippen LogP) is 1.32. The van der Waals surface area contributed by atoms with Crippen molar-refractivity contribution in [2.24, 2.45) is 0 Å². The summed E-state index contributed by atoms with van der Waals surface area (Å²) >= 11 is 5.54. The Kier molecular flexibility index (Phi) is 8.47. The molecule has 0 rings (SSSR count). The molecule has 0 aliphatic carbocycles. The Balaban J connectivity index is 3.20. The maximum absolute atomic E-state index is 8.66. The van der Waals surface area contributed by atoms with Gasteiger partial charge in [0, 0.05) is 12.4 Å². The number of aliphatic hydroxyl groups excluding tert-OH is 1. The monoisotopic (exact) mass is 179 g/mol. The second kappa shape index (κ2) is 8.31. The summed E-state index contributed by atoms with van der Waals surface area (Å²) < 4.78 is 0. The van der Waals surface area contributed by atoms with Crippen molar-refractivity contribution in [2.75, 3.05) is 32.1 Å². The Morgan fingerprint density at radius 1 is 1.27 bits per heavy atom. The smallest absolute Gasteiger partial charge is 0.0558 e. The van der Waals surface area contributed by atoms with Gasteiger partial charge in [-0.2, -0.15) is 0 Å². The highest BCUT2D eigenvalue weighted by Gasteiger charge is 1.99. The van der Waals surface area contributed by atoms with Gasteiger partial charge in [0.2, 0.25) is 0 Å². The zero-order valence-corrected chi connectivity index (χ0v) is 7.98. The molecule has 0 saturated carbocycles. The largest absolute Gasteiger partial charge is 0.395 e. The molecule has 0 radical (unpaired) electrons. The first-order valence-corrected chi connectivity index (χ1v) is 4.77. The highest BCUT2D eigenvalue weighted by Crippen LogP contribution is 1.95. The van der Waals surface area contributed by atoms with Crippen molar-refractivity contribution in [1.82, 2.24) is 4.90 Å². The summed E-state index contributed by atoms with van der Waals surface area (Å²) in [6.07, 6.45) is 2.21. The van der Waals surface area contributed by atoms with Gasteiger partial charge in [-0.05, 0) is 25.9 Å². The SMILES string of the molecule is CCN(CCO)CCCCCl. The van der Waals surface area contributed by atoms with E-state index in [1.165, 1.54) is 0 Å². The topological polar surface area (TPSA) is 23.5 Å². The van der Waals surface area contributed by atoms with Crippen LogP contribution in [0.5, 0.6) is 0 Å². The molecule has 0 unspecified atom stereocenters. The predicted molar refractivity (Wildman–Crippen MR) is 49.2 cm³/mol. The summed E-state index contributed by atoms with van der Waals surface area (Å²) in [7, 11) is 0. The number of nitrogens with zero attached hydrogens (tertiary/aromatic N) is 1. The Labute approximate surface area is 74.2 Å². The van der Waals surface area contributed by atoms with Crippen LogP contribution in [-0.2, 0) is 0 Å². The number of hydrogen-bond acceptors (Lipinski definition) is 2. The highest BCUT2D eigenvalue weighted by molar-refractivity contribution is 6.17. The minimum Gasteiger partial charge on any atom is -0.395 e. The van der Waals surface area contributed by atoms with E-state index in [4.69, 9.17) is 16.7 Å². The van der Waals surface area contributed by atoms with Crippen molar-refractivity contribution >= 4 is 11.6 Å². The molecule has 1 N–H and O–H groups in total. The average molecular weight is 180 g/mol. The van der Waals surface area contributed by atoms with Crippen LogP contribution in [0, 0.1) is 0 Å². The first-order valence-electron chi connectivity index (χ1n) is 4.24. The third-order valence-electron chi connectivity index (χ3n) is 1.72. The van der Waals surface area contributed by atoms with Crippen molar-refractivity contribution in [3.63, 3.8) is 0 Å². The van der Waals surface area contributed by atoms with Gasteiger partial charge in [0.1, 0.15) is 0 Å². The number of halogens is 1. The first kappa shape index (κ1) is 11.2. The molecule has 0 heterocycles. The van der Waals surface area contributed by atoms with E-state index in [1.807, 2.05) is 0 Å². The van der Waals surface area contributed by atoms with E-state index in [-0.39, 0.29) is 6.61 Å². The molecule has 2 nitrogen and oxygen atoms in total. The fraction of sp³-hybridized carbons (Fsp3) is 1.00. The number of likely N-dealkylation sites (N-methyl/N-ethyl adjacent to an activating group) is 1. The Morgan fingerprint density at radius 2 is 2.00 bits per heavy atom. The molecular weight excluding hydrogens is 162 g/mol. The minimum atomic E-state index is 0.259. The quantitative estimate of drug-likeness (QED) is 0.471. The van der Waals surface area contributed by atoms with Gasteiger partial charge in [0.25, 0.3) is 0 Å². The van der Waals surface area contributed by atoms with Crippen LogP contribution < -0.4 is 0 Å². The van der Waals surface area contributed by atoms with E-state index < -0.39 is 0 Å². The molecule has 0 aliphatic rings. The van der Waals surface area contributed by atoms with E-state index in [9.17, 15) is 0 Å². The van der Waals surface area contributed by atoms with E-state index in [1.54, 1.807) is 0 Å². The van der Waals surface area contributed by atoms with Crippen LogP contribution in [0.2, 0.25) is 0 Å². The van der Waals surface area contributed by atoms with Crippen molar-refractivity contribution in [1.29, 1.82) is 0 Å². The highest BCUT2D eigenvalue weighted by atomic mass is 35.5. The molecule has 0 aromatic carbocycles. The van der Waals surface area contributed by atoms with Gasteiger partial charge in [-0.25, -0.2) is 0 Å². The van der Waals surface area contributed by atoms with Crippen LogP contribution >= 0.6 is 11.6 Å². The van der Waals surface area contributed by atoms with Crippen molar-refractivity contribution in [3.8, 4) is 0 Å². The standard InChI is InChI=1S/C8H18ClNO/c1-2-10(7-8-11)6-4-3-5-9/h11H,2-8H2,1H3. The minimum absolute atomic E-state index is 0.259. The lowest BCUT2D eigenvalue weighted by Crippen LogP contribution is -2.27. The van der Waals surface area contributed by atoms with Crippen molar-refractivity contribution in [3.05, 3.63) is 0 Å². The van der Waals surface area contributed by atoms with E-state index in [2.05, 4.69) is 11.8 Å². The lowest BCUT2D eigenvalue weighted by molar-refractivity contribution is 0.200. The molecule has 0 fully saturated rings. The zero-order chi connectivity index (χ0) is 8.53. The van der Waals surface area contributed by atoms with Crippen molar-refractivity contribution in [2.45, 2.75) is 19.8 Å². The van der Waals surface area contributed by atoms with Gasteiger partial charge in [-0.1, -0.05) is 6.92 Å². The molecule has 0 amide bonds. The fourth-order valence-electron chi connectivity index (χ4n) is 0.999. The third kappa shape index (κ3) is 6.60. The second-order valence-corrected chi connectivity index (χ2v) is 2.93. The van der Waals surface area contributed by atoms with Crippen LogP contribution in [0.25, 0.3) is 0 Å². The summed E-state index contributed by atoms with van der Waals surface area (Å²) in [4.78, 5) is 2.23. The summed E-state index contributed by atoms with van der Waals surface area (Å²) in [6.45, 7) is 5.23. The molecule has 0 aliphatic heterocycles. The van der Waals surface area contributed by atoms with Gasteiger partial charge < -0.3 is 10.0 Å². The van der Waals surface area contributed by atoms with Gasteiger partial charge >= 0.3 is 0 Å². The zero-order valence-electron chi connectivity index (χ0n) is 7.22. The van der Waals surface area contributed by atoms with Crippen LogP contribution in [0.1, 0.15) is 19.8 Å². The molecular formula is C8H18ClNO. The third-order valence-corrected chi connectivity index (χ3v) is 1.99. The molecule has 0 aromatic rings. The fourth-order valence-corrected chi connectivity index (χ4v) is 1.19. The van der Waals surface area contributed by atoms with E-state index in [0.717, 1.165) is 38.4 Å². The number of alkyl halides is 1. The van der Waals surface area contributed by atoms with Crippen LogP contribution in [0.3, 0.4) is 0 Å². The summed E-state index contributed by atoms with van der Waals surface area (Å²) in [5.74, 6) is 0.747. The van der Waals surface area contributed by atoms with E-state index in [0.29, 0.717) is 0 Å². The van der Waals surface area contributed by atoms with Crippen LogP contribution in [0.15, 0.2) is 0 Å². The molecule has 68 valence electrons. The Morgan fingerprint density at radius 3 is 2.45 bits per heavy atom. The first-order chi connectivity index (χ1) is 5.35. The average Bonchev–Trinajstić information content (AvgIpc) is 2.03. The lowest BCUT2D eigenvalue weighted by Gasteiger charge is -2.18. The Hall–Kier alpha value is 0.210. The number of hydrogen-bond donors (Lipinski definition) is 1. The molecule has 0 aromatic heterocycles. The van der Waals surface area contributed by atoms with Crippen LogP contribution in [-0.4, -0.2) is 42.1 Å². The number of unbranched alkanes of at least 4 members (excludes halogenated alkanes) is 1.